The van der Waals surface area contributed by atoms with E-state index in [4.69, 9.17) is 4.74 Å². The van der Waals surface area contributed by atoms with Crippen LogP contribution in [0.1, 0.15) is 5.56 Å². The summed E-state index contributed by atoms with van der Waals surface area (Å²) in [7, 11) is -2.30. The Morgan fingerprint density at radius 2 is 1.93 bits per heavy atom. The standard InChI is InChI=1S/C19H23F2N3O4S/c1-27-18-6-5-14(11-17(18)24-9-7-22-8-10-24)13-23-29(25,26)16-4-2-3-15(12-16)28-19(20)21/h2-6,11-12,19,22-23H,7-10,13H2,1H3. The zero-order valence-electron chi connectivity index (χ0n) is 15.9. The van der Waals surface area contributed by atoms with Gasteiger partial charge in [0.25, 0.3) is 0 Å². The predicted octanol–water partition coefficient (Wildman–Crippen LogP) is 2.18. The summed E-state index contributed by atoms with van der Waals surface area (Å²) in [6.45, 7) is 0.383. The molecule has 1 heterocycles. The van der Waals surface area contributed by atoms with E-state index in [0.717, 1.165) is 49.2 Å². The molecule has 1 saturated heterocycles. The van der Waals surface area contributed by atoms with Gasteiger partial charge in [-0.25, -0.2) is 13.1 Å². The van der Waals surface area contributed by atoms with Crippen LogP contribution in [0.4, 0.5) is 14.5 Å². The number of anilines is 1. The number of nitrogens with one attached hydrogen (secondary N) is 2. The van der Waals surface area contributed by atoms with Gasteiger partial charge in [0.1, 0.15) is 11.5 Å². The maximum Gasteiger partial charge on any atom is 0.387 e. The van der Waals surface area contributed by atoms with Gasteiger partial charge in [-0.05, 0) is 29.8 Å². The summed E-state index contributed by atoms with van der Waals surface area (Å²) in [5.41, 5.74) is 1.65. The Balaban J connectivity index is 1.75. The van der Waals surface area contributed by atoms with E-state index in [-0.39, 0.29) is 17.2 Å². The second-order valence-electron chi connectivity index (χ2n) is 6.42. The maximum absolute atomic E-state index is 12.6. The van der Waals surface area contributed by atoms with Gasteiger partial charge in [0.15, 0.2) is 0 Å². The Morgan fingerprint density at radius 3 is 2.62 bits per heavy atom. The summed E-state index contributed by atoms with van der Waals surface area (Å²) in [5, 5.41) is 3.28. The molecule has 29 heavy (non-hydrogen) atoms. The van der Waals surface area contributed by atoms with Crippen LogP contribution in [0.15, 0.2) is 47.4 Å². The Morgan fingerprint density at radius 1 is 1.17 bits per heavy atom. The summed E-state index contributed by atoms with van der Waals surface area (Å²) in [6.07, 6.45) is 0. The molecule has 1 fully saturated rings. The average molecular weight is 427 g/mol. The Bertz CT molecular complexity index is 935. The number of benzene rings is 2. The first-order valence-corrected chi connectivity index (χ1v) is 10.5. The molecule has 10 heteroatoms. The first kappa shape index (κ1) is 21.3. The third-order valence-corrected chi connectivity index (χ3v) is 5.91. The Kier molecular flexibility index (Phi) is 6.88. The van der Waals surface area contributed by atoms with Crippen LogP contribution >= 0.6 is 0 Å². The normalized spacial score (nSPS) is 14.8. The van der Waals surface area contributed by atoms with Gasteiger partial charge in [-0.3, -0.25) is 0 Å². The lowest BCUT2D eigenvalue weighted by molar-refractivity contribution is -0.0499. The van der Waals surface area contributed by atoms with Crippen LogP contribution in [0, 0.1) is 0 Å². The maximum atomic E-state index is 12.6. The molecule has 1 aliphatic rings. The molecule has 2 aromatic carbocycles. The predicted molar refractivity (Wildman–Crippen MR) is 105 cm³/mol. The summed E-state index contributed by atoms with van der Waals surface area (Å²) in [4.78, 5) is 2.03. The number of halogens is 2. The second-order valence-corrected chi connectivity index (χ2v) is 8.19. The van der Waals surface area contributed by atoms with E-state index in [2.05, 4.69) is 19.7 Å². The SMILES string of the molecule is COc1ccc(CNS(=O)(=O)c2cccc(OC(F)F)c2)cc1N1CCNCC1. The third-order valence-electron chi connectivity index (χ3n) is 4.51. The monoisotopic (exact) mass is 427 g/mol. The number of ether oxygens (including phenoxy) is 2. The molecule has 2 N–H and O–H groups in total. The molecule has 0 aromatic heterocycles. The summed E-state index contributed by atoms with van der Waals surface area (Å²) in [6, 6.07) is 10.5. The molecule has 1 aliphatic heterocycles. The van der Waals surface area contributed by atoms with Crippen LogP contribution in [0.5, 0.6) is 11.5 Å². The van der Waals surface area contributed by atoms with E-state index in [0.29, 0.717) is 0 Å². The smallest absolute Gasteiger partial charge is 0.387 e. The van der Waals surface area contributed by atoms with E-state index in [1.807, 2.05) is 6.07 Å². The zero-order chi connectivity index (χ0) is 20.9. The van der Waals surface area contributed by atoms with Crippen LogP contribution in [0.25, 0.3) is 0 Å². The minimum atomic E-state index is -3.90. The molecule has 0 bridgehead atoms. The van der Waals surface area contributed by atoms with Gasteiger partial charge in [-0.2, -0.15) is 8.78 Å². The number of alkyl halides is 2. The van der Waals surface area contributed by atoms with Crippen molar-refractivity contribution in [3.63, 3.8) is 0 Å². The lowest BCUT2D eigenvalue weighted by Gasteiger charge is -2.31. The van der Waals surface area contributed by atoms with Gasteiger partial charge < -0.3 is 19.7 Å². The van der Waals surface area contributed by atoms with Crippen molar-refractivity contribution in [1.82, 2.24) is 10.0 Å². The fraction of sp³-hybridized carbons (Fsp3) is 0.368. The summed E-state index contributed by atoms with van der Waals surface area (Å²) >= 11 is 0. The van der Waals surface area contributed by atoms with E-state index in [1.54, 1.807) is 19.2 Å². The van der Waals surface area contributed by atoms with Gasteiger partial charge >= 0.3 is 6.61 Å². The second kappa shape index (κ2) is 9.38. The Labute approximate surface area is 168 Å². The molecule has 7 nitrogen and oxygen atoms in total. The first-order valence-electron chi connectivity index (χ1n) is 9.06. The quantitative estimate of drug-likeness (QED) is 0.672. The lowest BCUT2D eigenvalue weighted by Crippen LogP contribution is -2.43. The van der Waals surface area contributed by atoms with Crippen molar-refractivity contribution in [3.05, 3.63) is 48.0 Å². The van der Waals surface area contributed by atoms with Crippen molar-refractivity contribution < 1.29 is 26.7 Å². The molecule has 158 valence electrons. The van der Waals surface area contributed by atoms with E-state index < -0.39 is 16.6 Å². The molecule has 0 amide bonds. The Hall–Kier alpha value is -2.43. The number of rotatable bonds is 8. The molecule has 3 rings (SSSR count). The molecule has 0 spiro atoms. The number of methoxy groups -OCH3 is 1. The molecule has 0 radical (unpaired) electrons. The van der Waals surface area contributed by atoms with Crippen molar-refractivity contribution in [2.75, 3.05) is 38.2 Å². The highest BCUT2D eigenvalue weighted by Gasteiger charge is 2.18. The average Bonchev–Trinajstić information content (AvgIpc) is 2.72. The topological polar surface area (TPSA) is 79.9 Å². The number of hydrogen-bond donors (Lipinski definition) is 2. The van der Waals surface area contributed by atoms with Crippen molar-refractivity contribution >= 4 is 15.7 Å². The van der Waals surface area contributed by atoms with Gasteiger partial charge in [-0.15, -0.1) is 0 Å². The molecule has 0 atom stereocenters. The van der Waals surface area contributed by atoms with E-state index in [9.17, 15) is 17.2 Å². The minimum absolute atomic E-state index is 0.0470. The van der Waals surface area contributed by atoms with Crippen molar-refractivity contribution in [2.24, 2.45) is 0 Å². The third kappa shape index (κ3) is 5.55. The van der Waals surface area contributed by atoms with Crippen LogP contribution in [0.3, 0.4) is 0 Å². The van der Waals surface area contributed by atoms with Crippen molar-refractivity contribution in [3.8, 4) is 11.5 Å². The van der Waals surface area contributed by atoms with Crippen molar-refractivity contribution in [2.45, 2.75) is 18.1 Å². The van der Waals surface area contributed by atoms with Crippen LogP contribution in [-0.4, -0.2) is 48.3 Å². The number of sulfonamides is 1. The lowest BCUT2D eigenvalue weighted by atomic mass is 10.1. The molecular weight excluding hydrogens is 404 g/mol. The van der Waals surface area contributed by atoms with E-state index in [1.165, 1.54) is 18.2 Å². The van der Waals surface area contributed by atoms with Crippen molar-refractivity contribution in [1.29, 1.82) is 0 Å². The molecule has 0 saturated carbocycles. The van der Waals surface area contributed by atoms with E-state index >= 15 is 0 Å². The van der Waals surface area contributed by atoms with Crippen LogP contribution < -0.4 is 24.4 Å². The number of hydrogen-bond acceptors (Lipinski definition) is 6. The number of piperazine rings is 1. The fourth-order valence-corrected chi connectivity index (χ4v) is 4.13. The summed E-state index contributed by atoms with van der Waals surface area (Å²) < 4.78 is 62.0. The van der Waals surface area contributed by atoms with Gasteiger partial charge in [-0.1, -0.05) is 12.1 Å². The first-order chi connectivity index (χ1) is 13.9. The minimum Gasteiger partial charge on any atom is -0.495 e. The zero-order valence-corrected chi connectivity index (χ0v) is 16.7. The van der Waals surface area contributed by atoms with Crippen LogP contribution in [0.2, 0.25) is 0 Å². The van der Waals surface area contributed by atoms with Gasteiger partial charge in [0.05, 0.1) is 17.7 Å². The molecule has 2 aromatic rings. The highest BCUT2D eigenvalue weighted by molar-refractivity contribution is 7.89. The largest absolute Gasteiger partial charge is 0.495 e. The highest BCUT2D eigenvalue weighted by Crippen LogP contribution is 2.30. The fourth-order valence-electron chi connectivity index (χ4n) is 3.08. The molecule has 0 aliphatic carbocycles. The number of nitrogens with zero attached hydrogens (tertiary/aromatic N) is 1. The van der Waals surface area contributed by atoms with Crippen LogP contribution in [-0.2, 0) is 16.6 Å². The molecular formula is C19H23F2N3O4S. The van der Waals surface area contributed by atoms with Gasteiger partial charge in [0.2, 0.25) is 10.0 Å². The summed E-state index contributed by atoms with van der Waals surface area (Å²) in [5.74, 6) is 0.503. The highest BCUT2D eigenvalue weighted by atomic mass is 32.2. The van der Waals surface area contributed by atoms with Gasteiger partial charge in [0, 0.05) is 38.8 Å². The molecule has 0 unspecified atom stereocenters.